The number of aliphatic carboxylic acids is 1. The van der Waals surface area contributed by atoms with Gasteiger partial charge in [0.15, 0.2) is 5.82 Å². The molecule has 7 nitrogen and oxygen atoms in total. The topological polar surface area (TPSA) is 84.7 Å². The molecule has 1 saturated heterocycles. The van der Waals surface area contributed by atoms with Crippen LogP contribution in [0.15, 0.2) is 17.2 Å². The molecule has 1 N–H and O–H groups in total. The van der Waals surface area contributed by atoms with Crippen LogP contribution in [0, 0.1) is 5.92 Å². The van der Waals surface area contributed by atoms with Crippen LogP contribution in [-0.2, 0) is 16.6 Å². The van der Waals surface area contributed by atoms with E-state index in [0.717, 1.165) is 6.42 Å². The summed E-state index contributed by atoms with van der Waals surface area (Å²) in [5.41, 5.74) is -0.225. The van der Waals surface area contributed by atoms with Crippen molar-refractivity contribution in [2.75, 3.05) is 24.7 Å². The monoisotopic (exact) mass is 281 g/mol. The predicted molar refractivity (Wildman–Crippen MR) is 72.8 cm³/mol. The van der Waals surface area contributed by atoms with Gasteiger partial charge in [-0.1, -0.05) is 6.92 Å². The summed E-state index contributed by atoms with van der Waals surface area (Å²) < 4.78 is 6.73. The smallest absolute Gasteiger partial charge is 0.311 e. The summed E-state index contributed by atoms with van der Waals surface area (Å²) in [6.07, 6.45) is 3.92. The lowest BCUT2D eigenvalue weighted by atomic mass is 10.0. The molecule has 1 fully saturated rings. The number of ether oxygens (including phenoxy) is 1. The van der Waals surface area contributed by atoms with Gasteiger partial charge < -0.3 is 19.3 Å². The number of anilines is 1. The summed E-state index contributed by atoms with van der Waals surface area (Å²) in [7, 11) is 1.65. The third-order valence-electron chi connectivity index (χ3n) is 3.50. The molecule has 1 aliphatic rings. The third-order valence-corrected chi connectivity index (χ3v) is 3.50. The van der Waals surface area contributed by atoms with Gasteiger partial charge in [-0.25, -0.2) is 4.98 Å². The maximum Gasteiger partial charge on any atom is 0.311 e. The van der Waals surface area contributed by atoms with Crippen molar-refractivity contribution in [3.8, 4) is 0 Å². The minimum absolute atomic E-state index is 0.174. The Morgan fingerprint density at radius 2 is 2.35 bits per heavy atom. The summed E-state index contributed by atoms with van der Waals surface area (Å²) in [4.78, 5) is 29.4. The number of hydrogen-bond acceptors (Lipinski definition) is 5. The number of rotatable bonds is 5. The third kappa shape index (κ3) is 2.67. The number of nitrogens with zero attached hydrogens (tertiary/aromatic N) is 3. The molecule has 20 heavy (non-hydrogen) atoms. The van der Waals surface area contributed by atoms with Gasteiger partial charge in [0, 0.05) is 26.0 Å². The van der Waals surface area contributed by atoms with Crippen molar-refractivity contribution in [1.29, 1.82) is 0 Å². The fourth-order valence-electron chi connectivity index (χ4n) is 2.44. The second-order valence-corrected chi connectivity index (χ2v) is 4.91. The van der Waals surface area contributed by atoms with E-state index in [-0.39, 0.29) is 18.2 Å². The molecule has 0 aromatic carbocycles. The molecule has 2 rings (SSSR count). The summed E-state index contributed by atoms with van der Waals surface area (Å²) in [6, 6.07) is -0.352. The maximum absolute atomic E-state index is 12.2. The minimum Gasteiger partial charge on any atom is -0.481 e. The zero-order valence-electron chi connectivity index (χ0n) is 11.7. The number of carbonyl (C=O) groups is 1. The van der Waals surface area contributed by atoms with E-state index in [1.165, 1.54) is 4.57 Å². The highest BCUT2D eigenvalue weighted by Crippen LogP contribution is 2.23. The second kappa shape index (κ2) is 6.04. The minimum atomic E-state index is -0.902. The number of aryl methyl sites for hydroxylation is 1. The van der Waals surface area contributed by atoms with Crippen LogP contribution in [0.25, 0.3) is 0 Å². The first-order valence-corrected chi connectivity index (χ1v) is 6.65. The van der Waals surface area contributed by atoms with Crippen molar-refractivity contribution in [1.82, 2.24) is 9.55 Å². The Balaban J connectivity index is 2.38. The van der Waals surface area contributed by atoms with Gasteiger partial charge in [0.05, 0.1) is 19.3 Å². The zero-order chi connectivity index (χ0) is 14.7. The van der Waals surface area contributed by atoms with Gasteiger partial charge in [0.1, 0.15) is 5.92 Å². The molecular weight excluding hydrogens is 262 g/mol. The summed E-state index contributed by atoms with van der Waals surface area (Å²) in [5, 5.41) is 9.26. The number of aromatic nitrogens is 2. The van der Waals surface area contributed by atoms with E-state index in [4.69, 9.17) is 4.74 Å². The van der Waals surface area contributed by atoms with Gasteiger partial charge in [0.25, 0.3) is 5.56 Å². The van der Waals surface area contributed by atoms with Crippen molar-refractivity contribution >= 4 is 11.8 Å². The standard InChI is InChI=1S/C13H19N3O4/c1-3-5-16(10-8-20-7-9(10)13(18)19)11-12(17)15(2)6-4-14-11/h4,6,9-10H,3,5,7-8H2,1-2H3,(H,18,19). The number of carboxylic acids is 1. The molecule has 0 saturated carbocycles. The van der Waals surface area contributed by atoms with Crippen LogP contribution in [0.1, 0.15) is 13.3 Å². The average Bonchev–Trinajstić information content (AvgIpc) is 2.89. The van der Waals surface area contributed by atoms with Crippen molar-refractivity contribution in [3.63, 3.8) is 0 Å². The van der Waals surface area contributed by atoms with Crippen LogP contribution in [0.5, 0.6) is 0 Å². The fraction of sp³-hybridized carbons (Fsp3) is 0.615. The quantitative estimate of drug-likeness (QED) is 0.823. The van der Waals surface area contributed by atoms with Crippen molar-refractivity contribution in [3.05, 3.63) is 22.7 Å². The highest BCUT2D eigenvalue weighted by Gasteiger charge is 2.39. The molecule has 1 aromatic heterocycles. The second-order valence-electron chi connectivity index (χ2n) is 4.91. The molecule has 2 atom stereocenters. The Morgan fingerprint density at radius 1 is 1.60 bits per heavy atom. The molecule has 2 unspecified atom stereocenters. The van der Waals surface area contributed by atoms with Crippen molar-refractivity contribution in [2.24, 2.45) is 13.0 Å². The Bertz CT molecular complexity index is 543. The zero-order valence-corrected chi connectivity index (χ0v) is 11.7. The van der Waals surface area contributed by atoms with Crippen molar-refractivity contribution in [2.45, 2.75) is 19.4 Å². The average molecular weight is 281 g/mol. The Morgan fingerprint density at radius 3 is 3.00 bits per heavy atom. The summed E-state index contributed by atoms with van der Waals surface area (Å²) in [5.74, 6) is -1.24. The predicted octanol–water partition coefficient (Wildman–Crippen LogP) is 0.0963. The molecule has 1 aliphatic heterocycles. The van der Waals surface area contributed by atoms with E-state index in [9.17, 15) is 14.7 Å². The van der Waals surface area contributed by atoms with Crippen LogP contribution in [0.4, 0.5) is 5.82 Å². The molecule has 0 aliphatic carbocycles. The maximum atomic E-state index is 12.2. The van der Waals surface area contributed by atoms with E-state index in [2.05, 4.69) is 4.98 Å². The molecule has 2 heterocycles. The van der Waals surface area contributed by atoms with Gasteiger partial charge in [-0.05, 0) is 6.42 Å². The van der Waals surface area contributed by atoms with Gasteiger partial charge in [0.2, 0.25) is 0 Å². The number of carboxylic acid groups (broad SMARTS) is 1. The van der Waals surface area contributed by atoms with Crippen LogP contribution in [0.2, 0.25) is 0 Å². The van der Waals surface area contributed by atoms with Gasteiger partial charge in [-0.3, -0.25) is 9.59 Å². The lowest BCUT2D eigenvalue weighted by molar-refractivity contribution is -0.142. The normalized spacial score (nSPS) is 21.9. The Labute approximate surface area is 116 Å². The SMILES string of the molecule is CCCN(c1nccn(C)c1=O)C1COCC1C(=O)O. The lowest BCUT2D eigenvalue weighted by Crippen LogP contribution is -2.46. The number of hydrogen-bond donors (Lipinski definition) is 1. The van der Waals surface area contributed by atoms with E-state index < -0.39 is 11.9 Å². The largest absolute Gasteiger partial charge is 0.481 e. The summed E-state index contributed by atoms with van der Waals surface area (Å²) >= 11 is 0. The van der Waals surface area contributed by atoms with Crippen molar-refractivity contribution < 1.29 is 14.6 Å². The first-order valence-electron chi connectivity index (χ1n) is 6.65. The van der Waals surface area contributed by atoms with E-state index >= 15 is 0 Å². The Kier molecular flexibility index (Phi) is 4.39. The molecular formula is C13H19N3O4. The van der Waals surface area contributed by atoms with Crippen LogP contribution < -0.4 is 10.5 Å². The van der Waals surface area contributed by atoms with Crippen LogP contribution in [-0.4, -0.2) is 46.4 Å². The van der Waals surface area contributed by atoms with Gasteiger partial charge in [-0.2, -0.15) is 0 Å². The van der Waals surface area contributed by atoms with Gasteiger partial charge >= 0.3 is 5.97 Å². The van der Waals surface area contributed by atoms with Gasteiger partial charge in [-0.15, -0.1) is 0 Å². The molecule has 0 bridgehead atoms. The highest BCUT2D eigenvalue weighted by atomic mass is 16.5. The van der Waals surface area contributed by atoms with Crippen LogP contribution in [0.3, 0.4) is 0 Å². The highest BCUT2D eigenvalue weighted by molar-refractivity contribution is 5.72. The van der Waals surface area contributed by atoms with E-state index in [1.54, 1.807) is 24.3 Å². The molecule has 0 spiro atoms. The summed E-state index contributed by atoms with van der Waals surface area (Å²) in [6.45, 7) is 3.03. The van der Waals surface area contributed by atoms with Crippen LogP contribution >= 0.6 is 0 Å². The van der Waals surface area contributed by atoms with E-state index in [0.29, 0.717) is 19.0 Å². The molecule has 0 amide bonds. The first-order chi connectivity index (χ1) is 9.56. The Hall–Kier alpha value is -1.89. The lowest BCUT2D eigenvalue weighted by Gasteiger charge is -2.30. The molecule has 0 radical (unpaired) electrons. The molecule has 110 valence electrons. The first kappa shape index (κ1) is 14.5. The van der Waals surface area contributed by atoms with E-state index in [1.807, 2.05) is 6.92 Å². The fourth-order valence-corrected chi connectivity index (χ4v) is 2.44. The molecule has 1 aromatic rings. The molecule has 7 heteroatoms.